The summed E-state index contributed by atoms with van der Waals surface area (Å²) in [5.74, 6) is -0.669. The largest absolute Gasteiger partial charge is 0.353 e. The second-order valence-corrected chi connectivity index (χ2v) is 13.4. The molecule has 2 aromatic carbocycles. The van der Waals surface area contributed by atoms with Crippen LogP contribution in [0.1, 0.15) is 61.3 Å². The minimum absolute atomic E-state index is 0.0495. The SMILES string of the molecule is O=C1CN(S(=O)(=O)c2ccc(Cl)c(Cl)c2)[C@H](CC(=O)N[C@@H]2CCCc3cc(CN4CCCCC4)ccc32)CN1. The van der Waals surface area contributed by atoms with Gasteiger partial charge in [-0.1, -0.05) is 47.8 Å². The predicted molar refractivity (Wildman–Crippen MR) is 151 cm³/mol. The van der Waals surface area contributed by atoms with Gasteiger partial charge in [-0.2, -0.15) is 4.31 Å². The number of hydrogen-bond donors (Lipinski definition) is 2. The Bertz CT molecular complexity index is 1350. The molecule has 2 heterocycles. The topological polar surface area (TPSA) is 98.8 Å². The van der Waals surface area contributed by atoms with Crippen molar-refractivity contribution in [3.05, 3.63) is 63.1 Å². The lowest BCUT2D eigenvalue weighted by Gasteiger charge is -2.35. The van der Waals surface area contributed by atoms with Crippen LogP contribution in [0, 0.1) is 0 Å². The van der Waals surface area contributed by atoms with E-state index in [1.165, 1.54) is 48.6 Å². The van der Waals surface area contributed by atoms with Gasteiger partial charge in [-0.05, 0) is 80.1 Å². The van der Waals surface area contributed by atoms with E-state index >= 15 is 0 Å². The van der Waals surface area contributed by atoms with E-state index in [0.717, 1.165) is 48.8 Å². The van der Waals surface area contributed by atoms with E-state index in [9.17, 15) is 18.0 Å². The Morgan fingerprint density at radius 2 is 1.82 bits per heavy atom. The zero-order chi connectivity index (χ0) is 27.6. The van der Waals surface area contributed by atoms with Gasteiger partial charge in [-0.15, -0.1) is 0 Å². The fourth-order valence-corrected chi connectivity index (χ4v) is 7.82. The van der Waals surface area contributed by atoms with Gasteiger partial charge < -0.3 is 10.6 Å². The molecule has 0 radical (unpaired) electrons. The third-order valence-corrected chi connectivity index (χ3v) is 10.5. The maximum absolute atomic E-state index is 13.4. The highest BCUT2D eigenvalue weighted by Gasteiger charge is 2.38. The maximum Gasteiger partial charge on any atom is 0.243 e. The van der Waals surface area contributed by atoms with Crippen LogP contribution in [0.15, 0.2) is 41.3 Å². The number of fused-ring (bicyclic) bond motifs is 1. The Morgan fingerprint density at radius 1 is 1.03 bits per heavy atom. The minimum atomic E-state index is -4.08. The summed E-state index contributed by atoms with van der Waals surface area (Å²) in [6.45, 7) is 2.94. The summed E-state index contributed by atoms with van der Waals surface area (Å²) >= 11 is 12.0. The van der Waals surface area contributed by atoms with Crippen LogP contribution < -0.4 is 10.6 Å². The first-order chi connectivity index (χ1) is 18.7. The summed E-state index contributed by atoms with van der Waals surface area (Å²) in [4.78, 5) is 27.8. The van der Waals surface area contributed by atoms with Gasteiger partial charge >= 0.3 is 0 Å². The second-order valence-electron chi connectivity index (χ2n) is 10.7. The molecular formula is C28H34Cl2N4O4S. The number of nitrogens with zero attached hydrogens (tertiary/aromatic N) is 2. The number of piperidine rings is 1. The average molecular weight is 594 g/mol. The van der Waals surface area contributed by atoms with Crippen molar-refractivity contribution in [3.8, 4) is 0 Å². The zero-order valence-corrected chi connectivity index (χ0v) is 24.1. The van der Waals surface area contributed by atoms with E-state index in [-0.39, 0.29) is 46.4 Å². The van der Waals surface area contributed by atoms with Crippen molar-refractivity contribution >= 4 is 45.0 Å². The van der Waals surface area contributed by atoms with Crippen molar-refractivity contribution in [3.63, 3.8) is 0 Å². The molecule has 2 amide bonds. The van der Waals surface area contributed by atoms with Gasteiger partial charge in [0.2, 0.25) is 21.8 Å². The van der Waals surface area contributed by atoms with Crippen LogP contribution in [-0.2, 0) is 32.6 Å². The van der Waals surface area contributed by atoms with Crippen LogP contribution in [0.3, 0.4) is 0 Å². The third-order valence-electron chi connectivity index (χ3n) is 7.87. The Balaban J connectivity index is 1.27. The van der Waals surface area contributed by atoms with E-state index in [2.05, 4.69) is 33.7 Å². The molecule has 1 aliphatic carbocycles. The van der Waals surface area contributed by atoms with Gasteiger partial charge in [0.25, 0.3) is 0 Å². The van der Waals surface area contributed by atoms with Gasteiger partial charge in [0, 0.05) is 19.5 Å². The number of carbonyl (C=O) groups is 2. The highest BCUT2D eigenvalue weighted by atomic mass is 35.5. The van der Waals surface area contributed by atoms with Crippen LogP contribution in [0.4, 0.5) is 0 Å². The molecule has 0 aromatic heterocycles. The van der Waals surface area contributed by atoms with Gasteiger partial charge in [0.1, 0.15) is 0 Å². The average Bonchev–Trinajstić information content (AvgIpc) is 2.91. The molecule has 8 nitrogen and oxygen atoms in total. The molecule has 0 spiro atoms. The summed E-state index contributed by atoms with van der Waals surface area (Å²) in [7, 11) is -4.08. The Labute approximate surface area is 240 Å². The molecule has 2 aliphatic heterocycles. The number of hydrogen-bond acceptors (Lipinski definition) is 5. The maximum atomic E-state index is 13.4. The molecule has 210 valence electrons. The van der Waals surface area contributed by atoms with E-state index in [4.69, 9.17) is 23.2 Å². The van der Waals surface area contributed by atoms with Gasteiger partial charge in [0.05, 0.1) is 33.6 Å². The summed E-state index contributed by atoms with van der Waals surface area (Å²) in [5, 5.41) is 6.17. The summed E-state index contributed by atoms with van der Waals surface area (Å²) < 4.78 is 27.9. The number of benzene rings is 2. The normalized spacial score (nSPS) is 22.7. The zero-order valence-electron chi connectivity index (χ0n) is 21.8. The number of likely N-dealkylation sites (tertiary alicyclic amines) is 1. The number of rotatable bonds is 7. The monoisotopic (exact) mass is 592 g/mol. The fraction of sp³-hybridized carbons (Fsp3) is 0.500. The number of halogens is 2. The lowest BCUT2D eigenvalue weighted by Crippen LogP contribution is -2.57. The number of sulfonamides is 1. The minimum Gasteiger partial charge on any atom is -0.353 e. The second kappa shape index (κ2) is 12.1. The quantitative estimate of drug-likeness (QED) is 0.505. The molecule has 0 unspecified atom stereocenters. The first kappa shape index (κ1) is 28.4. The van der Waals surface area contributed by atoms with E-state index in [1.807, 2.05) is 0 Å². The van der Waals surface area contributed by atoms with Crippen LogP contribution in [0.2, 0.25) is 10.0 Å². The Hall–Kier alpha value is -2.17. The van der Waals surface area contributed by atoms with Crippen molar-refractivity contribution in [1.82, 2.24) is 19.8 Å². The van der Waals surface area contributed by atoms with Crippen molar-refractivity contribution in [2.45, 2.75) is 68.5 Å². The smallest absolute Gasteiger partial charge is 0.243 e. The Morgan fingerprint density at radius 3 is 2.59 bits per heavy atom. The lowest BCUT2D eigenvalue weighted by molar-refractivity contribution is -0.127. The van der Waals surface area contributed by atoms with Crippen LogP contribution in [-0.4, -0.2) is 61.7 Å². The molecule has 2 fully saturated rings. The molecule has 39 heavy (non-hydrogen) atoms. The molecule has 3 aliphatic rings. The van der Waals surface area contributed by atoms with Crippen molar-refractivity contribution in [2.24, 2.45) is 0 Å². The standard InChI is InChI=1S/C28H34Cl2N4O4S/c29-24-10-8-22(15-25(24)30)39(37,38)34-18-28(36)31-16-21(34)14-27(35)32-26-6-4-5-20-13-19(7-9-23(20)26)17-33-11-2-1-3-12-33/h7-10,13,15,21,26H,1-6,11-12,14,16-18H2,(H,31,36)(H,32,35)/t21-,26-/m1/s1. The van der Waals surface area contributed by atoms with Crippen LogP contribution >= 0.6 is 23.2 Å². The van der Waals surface area contributed by atoms with Crippen molar-refractivity contribution in [1.29, 1.82) is 0 Å². The molecule has 2 aromatic rings. The third kappa shape index (κ3) is 6.60. The molecule has 0 saturated carbocycles. The number of aryl methyl sites for hydroxylation is 1. The first-order valence-corrected chi connectivity index (χ1v) is 15.8. The van der Waals surface area contributed by atoms with Crippen molar-refractivity contribution < 1.29 is 18.0 Å². The molecule has 0 bridgehead atoms. The van der Waals surface area contributed by atoms with E-state index in [1.54, 1.807) is 0 Å². The fourth-order valence-electron chi connectivity index (χ4n) is 5.85. The molecule has 2 saturated heterocycles. The number of carbonyl (C=O) groups excluding carboxylic acids is 2. The van der Waals surface area contributed by atoms with Crippen LogP contribution in [0.25, 0.3) is 0 Å². The van der Waals surface area contributed by atoms with E-state index < -0.39 is 22.0 Å². The highest BCUT2D eigenvalue weighted by Crippen LogP contribution is 2.32. The highest BCUT2D eigenvalue weighted by molar-refractivity contribution is 7.89. The lowest BCUT2D eigenvalue weighted by atomic mass is 9.86. The summed E-state index contributed by atoms with van der Waals surface area (Å²) in [6, 6.07) is 9.76. The van der Waals surface area contributed by atoms with Gasteiger partial charge in [-0.3, -0.25) is 14.5 Å². The van der Waals surface area contributed by atoms with Crippen LogP contribution in [0.5, 0.6) is 0 Å². The number of amides is 2. The van der Waals surface area contributed by atoms with Gasteiger partial charge in [-0.25, -0.2) is 8.42 Å². The summed E-state index contributed by atoms with van der Waals surface area (Å²) in [6.07, 6.45) is 6.55. The Kier molecular flexibility index (Phi) is 8.83. The van der Waals surface area contributed by atoms with Crippen molar-refractivity contribution in [2.75, 3.05) is 26.2 Å². The predicted octanol–water partition coefficient (Wildman–Crippen LogP) is 4.05. The molecule has 5 rings (SSSR count). The molecule has 2 N–H and O–H groups in total. The number of piperazine rings is 1. The first-order valence-electron chi connectivity index (χ1n) is 13.6. The summed E-state index contributed by atoms with van der Waals surface area (Å²) in [5.41, 5.74) is 3.72. The van der Waals surface area contributed by atoms with Gasteiger partial charge in [0.15, 0.2) is 0 Å². The number of nitrogens with one attached hydrogen (secondary N) is 2. The molecule has 11 heteroatoms. The van der Waals surface area contributed by atoms with E-state index in [0.29, 0.717) is 0 Å². The molecular weight excluding hydrogens is 559 g/mol. The molecule has 2 atom stereocenters.